The van der Waals surface area contributed by atoms with Crippen LogP contribution in [0.25, 0.3) is 0 Å². The summed E-state index contributed by atoms with van der Waals surface area (Å²) in [6.45, 7) is 2.69. The molecule has 0 aliphatic carbocycles. The number of carboxylic acids is 1. The first-order chi connectivity index (χ1) is 8.79. The Morgan fingerprint density at radius 2 is 1.74 bits per heavy atom. The summed E-state index contributed by atoms with van der Waals surface area (Å²) < 4.78 is 39.1. The molecule has 0 heterocycles. The fraction of sp³-hybridized carbons (Fsp3) is 0.333. The van der Waals surface area contributed by atoms with Crippen LogP contribution in [0.3, 0.4) is 0 Å². The lowest BCUT2D eigenvalue weighted by Gasteiger charge is -2.27. The van der Waals surface area contributed by atoms with Gasteiger partial charge in [0.15, 0.2) is 23.5 Å². The number of benzene rings is 1. The molecule has 0 aliphatic heterocycles. The Hall–Kier alpha value is -2.05. The fourth-order valence-corrected chi connectivity index (χ4v) is 1.78. The van der Waals surface area contributed by atoms with E-state index in [4.69, 9.17) is 5.11 Å². The smallest absolute Gasteiger partial charge is 0.331 e. The van der Waals surface area contributed by atoms with Crippen LogP contribution in [0.2, 0.25) is 0 Å². The molecule has 0 saturated carbocycles. The van der Waals surface area contributed by atoms with Crippen molar-refractivity contribution in [1.29, 1.82) is 0 Å². The molecule has 1 unspecified atom stereocenters. The molecular formula is C12H12F3NO3. The first kappa shape index (κ1) is 15.0. The molecule has 1 rings (SSSR count). The summed E-state index contributed by atoms with van der Waals surface area (Å²) in [5, 5.41) is 9.10. The van der Waals surface area contributed by atoms with Crippen LogP contribution in [-0.2, 0) is 9.59 Å². The molecule has 1 amide bonds. The summed E-state index contributed by atoms with van der Waals surface area (Å²) in [6.07, 6.45) is 0. The molecule has 0 spiro atoms. The van der Waals surface area contributed by atoms with E-state index >= 15 is 0 Å². The second-order valence-electron chi connectivity index (χ2n) is 3.84. The summed E-state index contributed by atoms with van der Waals surface area (Å²) >= 11 is 0. The molecule has 0 fully saturated rings. The molecule has 1 aromatic carbocycles. The molecule has 0 aliphatic rings. The van der Waals surface area contributed by atoms with Gasteiger partial charge in [0, 0.05) is 13.5 Å². The van der Waals surface area contributed by atoms with E-state index in [9.17, 15) is 22.8 Å². The summed E-state index contributed by atoms with van der Waals surface area (Å²) in [7, 11) is 0. The lowest BCUT2D eigenvalue weighted by atomic mass is 10.0. The van der Waals surface area contributed by atoms with Gasteiger partial charge in [0.1, 0.15) is 0 Å². The Kier molecular flexibility index (Phi) is 4.52. The lowest BCUT2D eigenvalue weighted by molar-refractivity contribution is -0.149. The molecule has 0 bridgehead atoms. The minimum Gasteiger partial charge on any atom is -0.479 e. The number of hydrogen-bond acceptors (Lipinski definition) is 2. The molecule has 4 nitrogen and oxygen atoms in total. The zero-order chi connectivity index (χ0) is 14.7. The molecule has 104 valence electrons. The molecule has 0 aromatic heterocycles. The Morgan fingerprint density at radius 1 is 1.26 bits per heavy atom. The van der Waals surface area contributed by atoms with E-state index < -0.39 is 35.4 Å². The summed E-state index contributed by atoms with van der Waals surface area (Å²) in [4.78, 5) is 23.4. The second-order valence-corrected chi connectivity index (χ2v) is 3.84. The van der Waals surface area contributed by atoms with E-state index in [0.717, 1.165) is 11.8 Å². The van der Waals surface area contributed by atoms with Gasteiger partial charge in [-0.2, -0.15) is 0 Å². The van der Waals surface area contributed by atoms with Gasteiger partial charge < -0.3 is 10.0 Å². The van der Waals surface area contributed by atoms with Gasteiger partial charge in [0.2, 0.25) is 5.91 Å². The van der Waals surface area contributed by atoms with Crippen molar-refractivity contribution in [2.75, 3.05) is 6.54 Å². The molecule has 0 saturated heterocycles. The van der Waals surface area contributed by atoms with Gasteiger partial charge in [-0.05, 0) is 24.6 Å². The number of carboxylic acid groups (broad SMARTS) is 1. The maximum atomic E-state index is 13.1. The van der Waals surface area contributed by atoms with Crippen LogP contribution in [0.15, 0.2) is 12.1 Å². The van der Waals surface area contributed by atoms with Crippen molar-refractivity contribution < 1.29 is 27.9 Å². The average Bonchev–Trinajstić information content (AvgIpc) is 2.31. The van der Waals surface area contributed by atoms with Crippen molar-refractivity contribution in [1.82, 2.24) is 4.90 Å². The van der Waals surface area contributed by atoms with E-state index in [2.05, 4.69) is 0 Å². The third kappa shape index (κ3) is 3.04. The Balaban J connectivity index is 3.35. The monoisotopic (exact) mass is 275 g/mol. The largest absolute Gasteiger partial charge is 0.479 e. The van der Waals surface area contributed by atoms with Crippen LogP contribution in [0.1, 0.15) is 25.5 Å². The quantitative estimate of drug-likeness (QED) is 0.856. The fourth-order valence-electron chi connectivity index (χ4n) is 1.78. The first-order valence-corrected chi connectivity index (χ1v) is 5.44. The number of aliphatic carboxylic acids is 1. The molecular weight excluding hydrogens is 263 g/mol. The van der Waals surface area contributed by atoms with Gasteiger partial charge in [-0.1, -0.05) is 0 Å². The molecule has 19 heavy (non-hydrogen) atoms. The topological polar surface area (TPSA) is 57.6 Å². The van der Waals surface area contributed by atoms with E-state index in [1.807, 2.05) is 0 Å². The highest BCUT2D eigenvalue weighted by Gasteiger charge is 2.30. The standard InChI is InChI=1S/C12H12F3NO3/c1-3-16(6(2)17)11(12(18)19)7-4-8(13)10(15)9(14)5-7/h4-5,11H,3H2,1-2H3,(H,18,19). The number of halogens is 3. The molecule has 0 radical (unpaired) electrons. The predicted molar refractivity (Wildman–Crippen MR) is 59.8 cm³/mol. The van der Waals surface area contributed by atoms with Crippen molar-refractivity contribution in [3.63, 3.8) is 0 Å². The number of carbonyl (C=O) groups excluding carboxylic acids is 1. The summed E-state index contributed by atoms with van der Waals surface area (Å²) in [5.74, 6) is -6.71. The molecule has 7 heteroatoms. The average molecular weight is 275 g/mol. The Morgan fingerprint density at radius 3 is 2.05 bits per heavy atom. The summed E-state index contributed by atoms with van der Waals surface area (Å²) in [6, 6.07) is -0.418. The van der Waals surface area contributed by atoms with Gasteiger partial charge in [-0.3, -0.25) is 4.79 Å². The highest BCUT2D eigenvalue weighted by molar-refractivity contribution is 5.83. The van der Waals surface area contributed by atoms with Gasteiger partial charge in [0.05, 0.1) is 0 Å². The Labute approximate surface area is 107 Å². The van der Waals surface area contributed by atoms with E-state index in [1.54, 1.807) is 0 Å². The SMILES string of the molecule is CCN(C(C)=O)C(C(=O)O)c1cc(F)c(F)c(F)c1. The maximum absolute atomic E-state index is 13.1. The van der Waals surface area contributed by atoms with E-state index in [1.165, 1.54) is 6.92 Å². The molecule has 1 aromatic rings. The van der Waals surface area contributed by atoms with E-state index in [-0.39, 0.29) is 12.1 Å². The minimum absolute atomic E-state index is 0.0346. The van der Waals surface area contributed by atoms with Crippen LogP contribution < -0.4 is 0 Å². The van der Waals surface area contributed by atoms with Crippen LogP contribution in [0.5, 0.6) is 0 Å². The van der Waals surface area contributed by atoms with E-state index in [0.29, 0.717) is 12.1 Å². The van der Waals surface area contributed by atoms with Crippen LogP contribution in [0.4, 0.5) is 13.2 Å². The summed E-state index contributed by atoms with van der Waals surface area (Å²) in [5.41, 5.74) is -0.332. The predicted octanol–water partition coefficient (Wildman–Crippen LogP) is 2.10. The van der Waals surface area contributed by atoms with Crippen molar-refractivity contribution in [2.24, 2.45) is 0 Å². The Bertz CT molecular complexity index is 496. The zero-order valence-corrected chi connectivity index (χ0v) is 10.3. The van der Waals surface area contributed by atoms with Crippen molar-refractivity contribution in [3.8, 4) is 0 Å². The maximum Gasteiger partial charge on any atom is 0.331 e. The number of rotatable bonds is 4. The van der Waals surface area contributed by atoms with Gasteiger partial charge >= 0.3 is 5.97 Å². The highest BCUT2D eigenvalue weighted by atomic mass is 19.2. The highest BCUT2D eigenvalue weighted by Crippen LogP contribution is 2.24. The lowest BCUT2D eigenvalue weighted by Crippen LogP contribution is -2.37. The molecule has 1 N–H and O–H groups in total. The number of carbonyl (C=O) groups is 2. The van der Waals surface area contributed by atoms with Gasteiger partial charge in [0.25, 0.3) is 0 Å². The minimum atomic E-state index is -1.68. The van der Waals surface area contributed by atoms with Crippen molar-refractivity contribution in [3.05, 3.63) is 35.1 Å². The second kappa shape index (κ2) is 5.73. The third-order valence-corrected chi connectivity index (χ3v) is 2.61. The number of hydrogen-bond donors (Lipinski definition) is 1. The third-order valence-electron chi connectivity index (χ3n) is 2.61. The van der Waals surface area contributed by atoms with Crippen molar-refractivity contribution in [2.45, 2.75) is 19.9 Å². The molecule has 1 atom stereocenters. The van der Waals surface area contributed by atoms with Gasteiger partial charge in [-0.15, -0.1) is 0 Å². The number of nitrogens with zero attached hydrogens (tertiary/aromatic N) is 1. The van der Waals surface area contributed by atoms with Crippen LogP contribution >= 0.6 is 0 Å². The first-order valence-electron chi connectivity index (χ1n) is 5.44. The normalized spacial score (nSPS) is 12.1. The van der Waals surface area contributed by atoms with Crippen LogP contribution in [0, 0.1) is 17.5 Å². The van der Waals surface area contributed by atoms with Gasteiger partial charge in [-0.25, -0.2) is 18.0 Å². The zero-order valence-electron chi connectivity index (χ0n) is 10.3. The number of amides is 1. The number of likely N-dealkylation sites (N-methyl/N-ethyl adjacent to an activating group) is 1. The van der Waals surface area contributed by atoms with Crippen LogP contribution in [-0.4, -0.2) is 28.4 Å². The van der Waals surface area contributed by atoms with Crippen molar-refractivity contribution >= 4 is 11.9 Å².